The molecule has 3 aromatic heterocycles. The predicted molar refractivity (Wildman–Crippen MR) is 125 cm³/mol. The summed E-state index contributed by atoms with van der Waals surface area (Å²) in [6.45, 7) is 2.03. The fourth-order valence-corrected chi connectivity index (χ4v) is 3.32. The quantitative estimate of drug-likeness (QED) is 0.304. The summed E-state index contributed by atoms with van der Waals surface area (Å²) < 4.78 is 11.6. The third kappa shape index (κ3) is 5.86. The van der Waals surface area contributed by atoms with Crippen LogP contribution in [-0.4, -0.2) is 68.5 Å². The van der Waals surface area contributed by atoms with Crippen LogP contribution in [0, 0.1) is 0 Å². The highest BCUT2D eigenvalue weighted by atomic mass is 35.5. The molecule has 4 aromatic rings. The van der Waals surface area contributed by atoms with Crippen molar-refractivity contribution in [2.45, 2.75) is 6.61 Å². The van der Waals surface area contributed by atoms with Gasteiger partial charge >= 0.3 is 0 Å². The smallest absolute Gasteiger partial charge is 0.246 e. The summed E-state index contributed by atoms with van der Waals surface area (Å²) in [4.78, 5) is 14.8. The standard InChI is InChI=1S/C22H24ClN7O3/c1-30(8-10-31)9-11-32-22-19-20(25-14-26-21(19)28-29-22)27-15-5-6-18(17(23)12-15)33-13-16-4-2-3-7-24-16/h2-7,12,14,31H,8-11,13H2,1H3,(H2,25,26,27,28,29). The first kappa shape index (κ1) is 22.7. The molecule has 0 saturated carbocycles. The van der Waals surface area contributed by atoms with Crippen LogP contribution in [0.3, 0.4) is 0 Å². The average Bonchev–Trinajstić information content (AvgIpc) is 3.23. The normalized spacial score (nSPS) is 11.2. The molecule has 0 fully saturated rings. The predicted octanol–water partition coefficient (Wildman–Crippen LogP) is 3.03. The number of hydrogen-bond acceptors (Lipinski definition) is 9. The molecule has 0 aliphatic heterocycles. The number of ether oxygens (including phenoxy) is 2. The molecule has 0 amide bonds. The molecule has 0 atom stereocenters. The van der Waals surface area contributed by atoms with E-state index >= 15 is 0 Å². The molecule has 0 unspecified atom stereocenters. The maximum atomic E-state index is 9.01. The highest BCUT2D eigenvalue weighted by Gasteiger charge is 2.15. The van der Waals surface area contributed by atoms with Gasteiger partial charge in [-0.25, -0.2) is 9.97 Å². The third-order valence-corrected chi connectivity index (χ3v) is 5.11. The van der Waals surface area contributed by atoms with Crippen molar-refractivity contribution in [2.24, 2.45) is 0 Å². The zero-order valence-corrected chi connectivity index (χ0v) is 18.8. The molecule has 0 aliphatic rings. The summed E-state index contributed by atoms with van der Waals surface area (Å²) in [6, 6.07) is 11.0. The minimum atomic E-state index is 0.0965. The molecule has 3 heterocycles. The van der Waals surface area contributed by atoms with Gasteiger partial charge in [0.15, 0.2) is 5.65 Å². The lowest BCUT2D eigenvalue weighted by atomic mass is 10.3. The maximum absolute atomic E-state index is 9.01. The van der Waals surface area contributed by atoms with Crippen molar-refractivity contribution in [2.75, 3.05) is 38.7 Å². The molecule has 0 bridgehead atoms. The number of benzene rings is 1. The monoisotopic (exact) mass is 469 g/mol. The number of likely N-dealkylation sites (N-methyl/N-ethyl adjacent to an activating group) is 1. The number of rotatable bonds is 11. The van der Waals surface area contributed by atoms with Crippen molar-refractivity contribution < 1.29 is 14.6 Å². The zero-order valence-electron chi connectivity index (χ0n) is 18.0. The molecule has 1 aromatic carbocycles. The second kappa shape index (κ2) is 10.9. The van der Waals surface area contributed by atoms with Gasteiger partial charge in [-0.1, -0.05) is 17.7 Å². The Balaban J connectivity index is 1.46. The van der Waals surface area contributed by atoms with Crippen LogP contribution in [-0.2, 0) is 6.61 Å². The first-order valence-corrected chi connectivity index (χ1v) is 10.7. The number of aromatic nitrogens is 5. The molecule has 4 rings (SSSR count). The Hall–Kier alpha value is -3.47. The van der Waals surface area contributed by atoms with E-state index in [2.05, 4.69) is 30.5 Å². The second-order valence-corrected chi connectivity index (χ2v) is 7.64. The van der Waals surface area contributed by atoms with Crippen molar-refractivity contribution in [3.63, 3.8) is 0 Å². The summed E-state index contributed by atoms with van der Waals surface area (Å²) in [5.41, 5.74) is 2.09. The van der Waals surface area contributed by atoms with Gasteiger partial charge in [0.1, 0.15) is 36.5 Å². The molecule has 0 aliphatic carbocycles. The van der Waals surface area contributed by atoms with Crippen molar-refractivity contribution in [1.82, 2.24) is 30.0 Å². The lowest BCUT2D eigenvalue weighted by Crippen LogP contribution is -2.27. The summed E-state index contributed by atoms with van der Waals surface area (Å²) >= 11 is 6.43. The van der Waals surface area contributed by atoms with Gasteiger partial charge < -0.3 is 24.8 Å². The molecule has 10 nitrogen and oxygen atoms in total. The van der Waals surface area contributed by atoms with E-state index in [0.29, 0.717) is 59.8 Å². The van der Waals surface area contributed by atoms with E-state index in [9.17, 15) is 0 Å². The van der Waals surface area contributed by atoms with Crippen molar-refractivity contribution in [1.29, 1.82) is 0 Å². The molecule has 0 radical (unpaired) electrons. The van der Waals surface area contributed by atoms with Gasteiger partial charge in [0, 0.05) is 25.0 Å². The van der Waals surface area contributed by atoms with Crippen LogP contribution in [0.25, 0.3) is 11.0 Å². The van der Waals surface area contributed by atoms with Crippen LogP contribution >= 0.6 is 11.6 Å². The van der Waals surface area contributed by atoms with Crippen LogP contribution in [0.2, 0.25) is 5.02 Å². The number of hydrogen-bond donors (Lipinski definition) is 3. The molecular formula is C22H24ClN7O3. The van der Waals surface area contributed by atoms with Crippen LogP contribution < -0.4 is 14.8 Å². The van der Waals surface area contributed by atoms with Crippen molar-refractivity contribution in [3.8, 4) is 11.6 Å². The third-order valence-electron chi connectivity index (χ3n) is 4.81. The number of H-pyrrole nitrogens is 1. The molecule has 33 heavy (non-hydrogen) atoms. The molecule has 0 saturated heterocycles. The number of aliphatic hydroxyl groups excluding tert-OH is 1. The lowest BCUT2D eigenvalue weighted by molar-refractivity contribution is 0.191. The number of halogens is 1. The van der Waals surface area contributed by atoms with Crippen molar-refractivity contribution in [3.05, 3.63) is 59.6 Å². The number of fused-ring (bicyclic) bond motifs is 1. The Morgan fingerprint density at radius 2 is 2.03 bits per heavy atom. The number of aromatic amines is 1. The molecule has 3 N–H and O–H groups in total. The number of anilines is 2. The van der Waals surface area contributed by atoms with Gasteiger partial charge in [-0.2, -0.15) is 0 Å². The first-order valence-electron chi connectivity index (χ1n) is 10.3. The topological polar surface area (TPSA) is 121 Å². The highest BCUT2D eigenvalue weighted by Crippen LogP contribution is 2.33. The first-order chi connectivity index (χ1) is 16.1. The number of nitrogens with one attached hydrogen (secondary N) is 2. The Morgan fingerprint density at radius 3 is 2.82 bits per heavy atom. The number of pyridine rings is 1. The number of nitrogens with zero attached hydrogens (tertiary/aromatic N) is 5. The van der Waals surface area contributed by atoms with Crippen LogP contribution in [0.15, 0.2) is 48.9 Å². The van der Waals surface area contributed by atoms with Crippen LogP contribution in [0.1, 0.15) is 5.69 Å². The van der Waals surface area contributed by atoms with Gasteiger partial charge in [-0.15, -0.1) is 5.10 Å². The Bertz CT molecular complexity index is 1190. The SMILES string of the molecule is CN(CCO)CCOc1n[nH]c2ncnc(Nc3ccc(OCc4ccccn4)c(Cl)c3)c12. The van der Waals surface area contributed by atoms with E-state index in [0.717, 1.165) is 11.4 Å². The van der Waals surface area contributed by atoms with Crippen LogP contribution in [0.4, 0.5) is 11.5 Å². The fourth-order valence-electron chi connectivity index (χ4n) is 3.08. The van der Waals surface area contributed by atoms with Gasteiger partial charge in [-0.05, 0) is 37.4 Å². The minimum absolute atomic E-state index is 0.0965. The minimum Gasteiger partial charge on any atom is -0.486 e. The van der Waals surface area contributed by atoms with Gasteiger partial charge in [0.25, 0.3) is 0 Å². The second-order valence-electron chi connectivity index (χ2n) is 7.23. The molecule has 11 heteroatoms. The molecule has 172 valence electrons. The van der Waals surface area contributed by atoms with Crippen LogP contribution in [0.5, 0.6) is 11.6 Å². The average molecular weight is 470 g/mol. The summed E-state index contributed by atoms with van der Waals surface area (Å²) in [7, 11) is 1.91. The summed E-state index contributed by atoms with van der Waals surface area (Å²) in [5, 5.41) is 20.4. The van der Waals surface area contributed by atoms with Gasteiger partial charge in [0.2, 0.25) is 5.88 Å². The van der Waals surface area contributed by atoms with E-state index in [1.54, 1.807) is 18.3 Å². The van der Waals surface area contributed by atoms with Crippen molar-refractivity contribution >= 4 is 34.1 Å². The van der Waals surface area contributed by atoms with Gasteiger partial charge in [0.05, 0.1) is 17.3 Å². The van der Waals surface area contributed by atoms with E-state index in [-0.39, 0.29) is 6.61 Å². The van der Waals surface area contributed by atoms with E-state index < -0.39 is 0 Å². The maximum Gasteiger partial charge on any atom is 0.246 e. The lowest BCUT2D eigenvalue weighted by Gasteiger charge is -2.15. The summed E-state index contributed by atoms with van der Waals surface area (Å²) in [5.74, 6) is 1.48. The Morgan fingerprint density at radius 1 is 1.12 bits per heavy atom. The van der Waals surface area contributed by atoms with Gasteiger partial charge in [-0.3, -0.25) is 10.1 Å². The zero-order chi connectivity index (χ0) is 23.0. The highest BCUT2D eigenvalue weighted by molar-refractivity contribution is 6.32. The summed E-state index contributed by atoms with van der Waals surface area (Å²) in [6.07, 6.45) is 3.16. The van der Waals surface area contributed by atoms with E-state index in [1.165, 1.54) is 6.33 Å². The van der Waals surface area contributed by atoms with E-state index in [4.69, 9.17) is 26.2 Å². The molecule has 0 spiro atoms. The number of aliphatic hydroxyl groups is 1. The Kier molecular flexibility index (Phi) is 7.51. The van der Waals surface area contributed by atoms with E-state index in [1.807, 2.05) is 36.2 Å². The largest absolute Gasteiger partial charge is 0.486 e. The Labute approximate surface area is 195 Å². The molecular weight excluding hydrogens is 446 g/mol. The fraction of sp³-hybridized carbons (Fsp3) is 0.273.